The summed E-state index contributed by atoms with van der Waals surface area (Å²) in [4.78, 5) is 19.1. The molecule has 2 aromatic rings. The molecule has 5 heteroatoms. The molecule has 5 nitrogen and oxygen atoms in total. The molecule has 1 amide bonds. The van der Waals surface area contributed by atoms with Crippen molar-refractivity contribution in [2.45, 2.75) is 31.4 Å². The van der Waals surface area contributed by atoms with Gasteiger partial charge in [0.25, 0.3) is 5.91 Å². The van der Waals surface area contributed by atoms with E-state index >= 15 is 0 Å². The highest BCUT2D eigenvalue weighted by molar-refractivity contribution is 5.94. The van der Waals surface area contributed by atoms with Gasteiger partial charge < -0.3 is 15.4 Å². The number of aliphatic hydroxyl groups is 1. The number of nitrogens with one attached hydrogen (secondary N) is 2. The van der Waals surface area contributed by atoms with E-state index < -0.39 is 0 Å². The Labute approximate surface area is 123 Å². The van der Waals surface area contributed by atoms with Gasteiger partial charge in [0, 0.05) is 30.8 Å². The van der Waals surface area contributed by atoms with E-state index in [2.05, 4.69) is 15.3 Å². The highest BCUT2D eigenvalue weighted by Crippen LogP contribution is 2.31. The largest absolute Gasteiger partial charge is 0.393 e. The van der Waals surface area contributed by atoms with Crippen LogP contribution >= 0.6 is 0 Å². The van der Waals surface area contributed by atoms with Crippen molar-refractivity contribution in [2.75, 3.05) is 0 Å². The Morgan fingerprint density at radius 2 is 2.14 bits per heavy atom. The molecule has 21 heavy (non-hydrogen) atoms. The van der Waals surface area contributed by atoms with Crippen LogP contribution in [0.4, 0.5) is 0 Å². The third-order valence-corrected chi connectivity index (χ3v) is 4.10. The van der Waals surface area contributed by atoms with Crippen LogP contribution in [0.15, 0.2) is 43.0 Å². The number of aliphatic hydroxyl groups excluding tert-OH is 1. The molecule has 2 heterocycles. The van der Waals surface area contributed by atoms with E-state index in [1.165, 1.54) is 0 Å². The summed E-state index contributed by atoms with van der Waals surface area (Å²) in [6.07, 6.45) is 8.99. The van der Waals surface area contributed by atoms with Crippen molar-refractivity contribution in [3.8, 4) is 0 Å². The maximum Gasteiger partial charge on any atom is 0.253 e. The molecule has 3 N–H and O–H groups in total. The van der Waals surface area contributed by atoms with Gasteiger partial charge in [-0.1, -0.05) is 0 Å². The molecule has 0 unspecified atom stereocenters. The quantitative estimate of drug-likeness (QED) is 0.779. The van der Waals surface area contributed by atoms with Crippen molar-refractivity contribution in [1.29, 1.82) is 0 Å². The van der Waals surface area contributed by atoms with Crippen molar-refractivity contribution < 1.29 is 9.90 Å². The van der Waals surface area contributed by atoms with E-state index in [0.29, 0.717) is 11.5 Å². The van der Waals surface area contributed by atoms with Crippen LogP contribution in [-0.4, -0.2) is 33.1 Å². The van der Waals surface area contributed by atoms with Gasteiger partial charge in [-0.3, -0.25) is 9.78 Å². The highest BCUT2D eigenvalue weighted by Gasteiger charge is 2.34. The zero-order valence-electron chi connectivity index (χ0n) is 11.7. The third-order valence-electron chi connectivity index (χ3n) is 4.10. The zero-order valence-corrected chi connectivity index (χ0v) is 11.7. The molecule has 2 aromatic heterocycles. The molecule has 1 saturated carbocycles. The minimum absolute atomic E-state index is 0.0400. The number of aromatic amines is 1. The standard InChI is InChI=1S/C16H19N3O2/c20-14-8-13(9-14)15(7-11-1-4-17-5-2-11)19-16(21)12-3-6-18-10-12/h1-6,10,13-15,18,20H,7-9H2,(H,19,21)/t13?,14?,15-/m0/s1. The van der Waals surface area contributed by atoms with E-state index in [-0.39, 0.29) is 18.1 Å². The maximum atomic E-state index is 12.2. The Balaban J connectivity index is 1.69. The Morgan fingerprint density at radius 1 is 1.38 bits per heavy atom. The predicted octanol–water partition coefficient (Wildman–Crippen LogP) is 1.52. The van der Waals surface area contributed by atoms with Gasteiger partial charge in [-0.2, -0.15) is 0 Å². The molecule has 0 saturated heterocycles. The molecule has 0 aliphatic heterocycles. The highest BCUT2D eigenvalue weighted by atomic mass is 16.3. The second-order valence-corrected chi connectivity index (χ2v) is 5.62. The molecule has 1 aliphatic carbocycles. The monoisotopic (exact) mass is 285 g/mol. The number of nitrogens with zero attached hydrogens (tertiary/aromatic N) is 1. The number of hydrogen-bond donors (Lipinski definition) is 3. The van der Waals surface area contributed by atoms with Crippen LogP contribution in [0, 0.1) is 5.92 Å². The Kier molecular flexibility index (Phi) is 4.01. The Hall–Kier alpha value is -2.14. The molecule has 1 fully saturated rings. The minimum Gasteiger partial charge on any atom is -0.393 e. The predicted molar refractivity (Wildman–Crippen MR) is 78.7 cm³/mol. The zero-order chi connectivity index (χ0) is 14.7. The van der Waals surface area contributed by atoms with E-state index in [1.54, 1.807) is 30.9 Å². The molecular weight excluding hydrogens is 266 g/mol. The van der Waals surface area contributed by atoms with Gasteiger partial charge in [0.1, 0.15) is 0 Å². The maximum absolute atomic E-state index is 12.2. The van der Waals surface area contributed by atoms with Crippen LogP contribution in [0.1, 0.15) is 28.8 Å². The summed E-state index contributed by atoms with van der Waals surface area (Å²) < 4.78 is 0. The van der Waals surface area contributed by atoms with Crippen molar-refractivity contribution in [3.05, 3.63) is 54.1 Å². The summed E-state index contributed by atoms with van der Waals surface area (Å²) in [6.45, 7) is 0. The number of pyridine rings is 1. The lowest BCUT2D eigenvalue weighted by molar-refractivity contribution is 0.0239. The topological polar surface area (TPSA) is 78.0 Å². The molecule has 0 aromatic carbocycles. The van der Waals surface area contributed by atoms with Gasteiger partial charge in [0.05, 0.1) is 11.7 Å². The summed E-state index contributed by atoms with van der Waals surface area (Å²) in [6, 6.07) is 5.72. The second-order valence-electron chi connectivity index (χ2n) is 5.62. The first-order valence-electron chi connectivity index (χ1n) is 7.23. The van der Waals surface area contributed by atoms with Gasteiger partial charge >= 0.3 is 0 Å². The summed E-state index contributed by atoms with van der Waals surface area (Å²) in [7, 11) is 0. The van der Waals surface area contributed by atoms with Gasteiger partial charge in [0.15, 0.2) is 0 Å². The van der Waals surface area contributed by atoms with E-state index in [9.17, 15) is 9.90 Å². The average molecular weight is 285 g/mol. The van der Waals surface area contributed by atoms with Crippen LogP contribution < -0.4 is 5.32 Å². The number of amides is 1. The van der Waals surface area contributed by atoms with Crippen molar-refractivity contribution >= 4 is 5.91 Å². The van der Waals surface area contributed by atoms with Crippen LogP contribution in [-0.2, 0) is 6.42 Å². The first-order valence-corrected chi connectivity index (χ1v) is 7.23. The number of hydrogen-bond acceptors (Lipinski definition) is 3. The molecular formula is C16H19N3O2. The van der Waals surface area contributed by atoms with Gasteiger partial charge in [-0.05, 0) is 48.9 Å². The number of carbonyl (C=O) groups is 1. The lowest BCUT2D eigenvalue weighted by Gasteiger charge is -2.38. The normalized spacial score (nSPS) is 22.3. The molecule has 3 rings (SSSR count). The Morgan fingerprint density at radius 3 is 2.76 bits per heavy atom. The molecule has 0 spiro atoms. The number of H-pyrrole nitrogens is 1. The number of aromatic nitrogens is 2. The van der Waals surface area contributed by atoms with Crippen LogP contribution in [0.3, 0.4) is 0 Å². The van der Waals surface area contributed by atoms with E-state index in [4.69, 9.17) is 0 Å². The lowest BCUT2D eigenvalue weighted by atomic mass is 9.75. The summed E-state index contributed by atoms with van der Waals surface area (Å²) in [5.74, 6) is 0.257. The molecule has 110 valence electrons. The van der Waals surface area contributed by atoms with Crippen LogP contribution in [0.25, 0.3) is 0 Å². The van der Waals surface area contributed by atoms with Crippen molar-refractivity contribution in [2.24, 2.45) is 5.92 Å². The molecule has 1 aliphatic rings. The number of carbonyl (C=O) groups excluding carboxylic acids is 1. The van der Waals surface area contributed by atoms with Gasteiger partial charge in [-0.25, -0.2) is 0 Å². The fourth-order valence-electron chi connectivity index (χ4n) is 2.78. The molecule has 1 atom stereocenters. The van der Waals surface area contributed by atoms with Gasteiger partial charge in [0.2, 0.25) is 0 Å². The van der Waals surface area contributed by atoms with Gasteiger partial charge in [-0.15, -0.1) is 0 Å². The molecule has 0 radical (unpaired) electrons. The third kappa shape index (κ3) is 3.31. The van der Waals surface area contributed by atoms with Crippen molar-refractivity contribution in [3.63, 3.8) is 0 Å². The van der Waals surface area contributed by atoms with Crippen LogP contribution in [0.2, 0.25) is 0 Å². The fourth-order valence-corrected chi connectivity index (χ4v) is 2.78. The first-order chi connectivity index (χ1) is 10.2. The van der Waals surface area contributed by atoms with E-state index in [0.717, 1.165) is 24.8 Å². The smallest absolute Gasteiger partial charge is 0.253 e. The lowest BCUT2D eigenvalue weighted by Crippen LogP contribution is -2.48. The number of rotatable bonds is 5. The van der Waals surface area contributed by atoms with E-state index in [1.807, 2.05) is 12.1 Å². The Bertz CT molecular complexity index is 577. The van der Waals surface area contributed by atoms with Crippen molar-refractivity contribution in [1.82, 2.24) is 15.3 Å². The fraction of sp³-hybridized carbons (Fsp3) is 0.375. The summed E-state index contributed by atoms with van der Waals surface area (Å²) >= 11 is 0. The minimum atomic E-state index is -0.223. The van der Waals surface area contributed by atoms with Crippen LogP contribution in [0.5, 0.6) is 0 Å². The first kappa shape index (κ1) is 13.8. The second kappa shape index (κ2) is 6.10. The SMILES string of the molecule is O=C(N[C@@H](Cc1ccncc1)C1CC(O)C1)c1cc[nH]c1. The average Bonchev–Trinajstić information content (AvgIpc) is 2.98. The molecule has 0 bridgehead atoms. The summed E-state index contributed by atoms with van der Waals surface area (Å²) in [5.41, 5.74) is 1.78. The summed E-state index contributed by atoms with van der Waals surface area (Å²) in [5, 5.41) is 12.6.